The minimum Gasteiger partial charge on any atom is -0.454 e. The first-order valence-corrected chi connectivity index (χ1v) is 11.9. The molecular formula is C28H32FN3O2. The number of para-hydroxylation sites is 1. The number of pyridine rings is 1. The highest BCUT2D eigenvalue weighted by atomic mass is 19.1. The van der Waals surface area contributed by atoms with Gasteiger partial charge in [-0.05, 0) is 75.1 Å². The summed E-state index contributed by atoms with van der Waals surface area (Å²) in [7, 11) is 0. The molecule has 5 nitrogen and oxygen atoms in total. The van der Waals surface area contributed by atoms with Crippen LogP contribution in [0.5, 0.6) is 11.5 Å². The van der Waals surface area contributed by atoms with Crippen molar-refractivity contribution < 1.29 is 13.9 Å². The third-order valence-electron chi connectivity index (χ3n) is 6.37. The van der Waals surface area contributed by atoms with Crippen LogP contribution in [-0.4, -0.2) is 22.0 Å². The molecule has 6 heteroatoms. The normalized spacial score (nSPS) is 14.0. The quantitative estimate of drug-likeness (QED) is 0.419. The van der Waals surface area contributed by atoms with Gasteiger partial charge in [0, 0.05) is 18.3 Å². The van der Waals surface area contributed by atoms with Gasteiger partial charge in [-0.25, -0.2) is 9.18 Å². The molecule has 1 N–H and O–H groups in total. The zero-order chi connectivity index (χ0) is 24.1. The first kappa shape index (κ1) is 23.7. The van der Waals surface area contributed by atoms with Crippen LogP contribution in [0.2, 0.25) is 0 Å². The highest BCUT2D eigenvalue weighted by molar-refractivity contribution is 5.91. The largest absolute Gasteiger partial charge is 0.454 e. The predicted octanol–water partition coefficient (Wildman–Crippen LogP) is 7.31. The number of anilines is 1. The van der Waals surface area contributed by atoms with E-state index in [9.17, 15) is 9.18 Å². The highest BCUT2D eigenvalue weighted by Gasteiger charge is 2.26. The molecule has 0 saturated heterocycles. The van der Waals surface area contributed by atoms with Crippen molar-refractivity contribution >= 4 is 11.7 Å². The third kappa shape index (κ3) is 5.74. The van der Waals surface area contributed by atoms with Crippen LogP contribution in [0.1, 0.15) is 54.6 Å². The number of hydrogen-bond donors (Lipinski definition) is 1. The molecule has 178 valence electrons. The van der Waals surface area contributed by atoms with Crippen molar-refractivity contribution in [2.75, 3.05) is 5.32 Å². The maximum absolute atomic E-state index is 13.9. The fourth-order valence-electron chi connectivity index (χ4n) is 4.66. The lowest BCUT2D eigenvalue weighted by atomic mass is 9.94. The Morgan fingerprint density at radius 1 is 1.06 bits per heavy atom. The predicted molar refractivity (Wildman–Crippen MR) is 133 cm³/mol. The first-order valence-electron chi connectivity index (χ1n) is 11.9. The van der Waals surface area contributed by atoms with Crippen LogP contribution in [0, 0.1) is 26.6 Å². The number of nitrogens with one attached hydrogen (secondary N) is 1. The number of urea groups is 1. The van der Waals surface area contributed by atoms with Crippen LogP contribution in [0.15, 0.2) is 54.6 Å². The van der Waals surface area contributed by atoms with E-state index in [1.807, 2.05) is 56.0 Å². The van der Waals surface area contributed by atoms with E-state index in [-0.39, 0.29) is 17.8 Å². The second kappa shape index (κ2) is 10.7. The van der Waals surface area contributed by atoms with E-state index in [1.165, 1.54) is 12.5 Å². The summed E-state index contributed by atoms with van der Waals surface area (Å²) in [6.45, 7) is 6.37. The second-order valence-corrected chi connectivity index (χ2v) is 9.07. The Hall–Kier alpha value is -3.41. The zero-order valence-electron chi connectivity index (χ0n) is 20.1. The van der Waals surface area contributed by atoms with Gasteiger partial charge in [0.1, 0.15) is 5.75 Å². The van der Waals surface area contributed by atoms with Crippen molar-refractivity contribution in [2.45, 2.75) is 65.5 Å². The molecule has 1 aromatic heterocycles. The van der Waals surface area contributed by atoms with Gasteiger partial charge in [0.05, 0.1) is 11.4 Å². The SMILES string of the molecule is Cc1cc(C)c(NC(=O)N(Cc2ccc(Oc3ccccc3F)cc2)C2CCCCC2)c(C)n1. The maximum atomic E-state index is 13.9. The van der Waals surface area contributed by atoms with E-state index in [4.69, 9.17) is 4.74 Å². The topological polar surface area (TPSA) is 54.5 Å². The molecule has 1 aliphatic rings. The van der Waals surface area contributed by atoms with Gasteiger partial charge < -0.3 is 15.0 Å². The maximum Gasteiger partial charge on any atom is 0.322 e. The summed E-state index contributed by atoms with van der Waals surface area (Å²) in [5, 5.41) is 3.13. The van der Waals surface area contributed by atoms with Gasteiger partial charge in [-0.1, -0.05) is 43.5 Å². The smallest absolute Gasteiger partial charge is 0.322 e. The van der Waals surface area contributed by atoms with Gasteiger partial charge in [0.15, 0.2) is 11.6 Å². The number of hydrogen-bond acceptors (Lipinski definition) is 3. The molecule has 0 atom stereocenters. The van der Waals surface area contributed by atoms with Crippen LogP contribution >= 0.6 is 0 Å². The van der Waals surface area contributed by atoms with Gasteiger partial charge in [-0.3, -0.25) is 4.98 Å². The lowest BCUT2D eigenvalue weighted by Gasteiger charge is -2.35. The van der Waals surface area contributed by atoms with Crippen molar-refractivity contribution in [3.63, 3.8) is 0 Å². The lowest BCUT2D eigenvalue weighted by molar-refractivity contribution is 0.162. The van der Waals surface area contributed by atoms with Crippen molar-refractivity contribution in [2.24, 2.45) is 0 Å². The molecule has 2 amide bonds. The fourth-order valence-corrected chi connectivity index (χ4v) is 4.66. The van der Waals surface area contributed by atoms with Crippen molar-refractivity contribution in [1.29, 1.82) is 0 Å². The molecule has 0 bridgehead atoms. The molecular weight excluding hydrogens is 429 g/mol. The molecule has 1 aliphatic carbocycles. The summed E-state index contributed by atoms with van der Waals surface area (Å²) in [6, 6.07) is 15.9. The van der Waals surface area contributed by atoms with Crippen LogP contribution in [0.3, 0.4) is 0 Å². The molecule has 0 spiro atoms. The Balaban J connectivity index is 1.51. The number of rotatable bonds is 6. The number of amides is 2. The number of aromatic nitrogens is 1. The molecule has 0 aliphatic heterocycles. The number of nitrogens with zero attached hydrogens (tertiary/aromatic N) is 2. The Labute approximate surface area is 201 Å². The average molecular weight is 462 g/mol. The Kier molecular flexibility index (Phi) is 7.46. The van der Waals surface area contributed by atoms with E-state index in [0.29, 0.717) is 12.3 Å². The fraction of sp³-hybridized carbons (Fsp3) is 0.357. The van der Waals surface area contributed by atoms with E-state index in [0.717, 1.165) is 53.9 Å². The summed E-state index contributed by atoms with van der Waals surface area (Å²) in [4.78, 5) is 19.9. The molecule has 0 radical (unpaired) electrons. The van der Waals surface area contributed by atoms with E-state index in [1.54, 1.807) is 18.2 Å². The standard InChI is InChI=1S/C28H32FN3O2/c1-19-17-20(2)30-21(3)27(19)31-28(33)32(23-9-5-4-6-10-23)18-22-13-15-24(16-14-22)34-26-12-8-7-11-25(26)29/h7-8,11-17,23H,4-6,9-10,18H2,1-3H3,(H,31,33). The zero-order valence-corrected chi connectivity index (χ0v) is 20.1. The Morgan fingerprint density at radius 2 is 1.76 bits per heavy atom. The number of benzene rings is 2. The van der Waals surface area contributed by atoms with E-state index < -0.39 is 5.82 Å². The van der Waals surface area contributed by atoms with Gasteiger partial charge >= 0.3 is 6.03 Å². The number of aryl methyl sites for hydroxylation is 3. The molecule has 1 fully saturated rings. The molecule has 0 unspecified atom stereocenters. The monoisotopic (exact) mass is 461 g/mol. The van der Waals surface area contributed by atoms with Crippen LogP contribution in [0.4, 0.5) is 14.9 Å². The lowest BCUT2D eigenvalue weighted by Crippen LogP contribution is -2.43. The number of ether oxygens (including phenoxy) is 1. The molecule has 34 heavy (non-hydrogen) atoms. The van der Waals surface area contributed by atoms with E-state index >= 15 is 0 Å². The Bertz CT molecular complexity index is 1120. The number of carbonyl (C=O) groups is 1. The molecule has 4 rings (SSSR count). The minimum absolute atomic E-state index is 0.101. The Morgan fingerprint density at radius 3 is 2.44 bits per heavy atom. The van der Waals surface area contributed by atoms with Crippen LogP contribution in [0.25, 0.3) is 0 Å². The molecule has 1 heterocycles. The average Bonchev–Trinajstić information content (AvgIpc) is 2.82. The molecule has 1 saturated carbocycles. The van der Waals surface area contributed by atoms with Gasteiger partial charge in [-0.15, -0.1) is 0 Å². The summed E-state index contributed by atoms with van der Waals surface area (Å²) in [5.74, 6) is 0.346. The highest BCUT2D eigenvalue weighted by Crippen LogP contribution is 2.28. The summed E-state index contributed by atoms with van der Waals surface area (Å²) in [5.41, 5.74) is 4.55. The first-order chi connectivity index (χ1) is 16.4. The van der Waals surface area contributed by atoms with Crippen molar-refractivity contribution in [3.05, 3.63) is 82.9 Å². The summed E-state index contributed by atoms with van der Waals surface area (Å²) >= 11 is 0. The second-order valence-electron chi connectivity index (χ2n) is 9.07. The van der Waals surface area contributed by atoms with Crippen LogP contribution < -0.4 is 10.1 Å². The van der Waals surface area contributed by atoms with Crippen molar-refractivity contribution in [1.82, 2.24) is 9.88 Å². The van der Waals surface area contributed by atoms with Gasteiger partial charge in [0.2, 0.25) is 0 Å². The number of carbonyl (C=O) groups excluding carboxylic acids is 1. The number of halogens is 1. The van der Waals surface area contributed by atoms with E-state index in [2.05, 4.69) is 10.3 Å². The summed E-state index contributed by atoms with van der Waals surface area (Å²) in [6.07, 6.45) is 5.49. The van der Waals surface area contributed by atoms with Gasteiger partial charge in [-0.2, -0.15) is 0 Å². The van der Waals surface area contributed by atoms with Gasteiger partial charge in [0.25, 0.3) is 0 Å². The molecule has 2 aromatic carbocycles. The summed E-state index contributed by atoms with van der Waals surface area (Å²) < 4.78 is 19.6. The minimum atomic E-state index is -0.400. The van der Waals surface area contributed by atoms with Crippen molar-refractivity contribution in [3.8, 4) is 11.5 Å². The molecule has 3 aromatic rings. The third-order valence-corrected chi connectivity index (χ3v) is 6.37. The van der Waals surface area contributed by atoms with Crippen LogP contribution in [-0.2, 0) is 6.54 Å².